The predicted octanol–water partition coefficient (Wildman–Crippen LogP) is 2.31. The van der Waals surface area contributed by atoms with E-state index in [0.29, 0.717) is 5.88 Å². The van der Waals surface area contributed by atoms with Crippen molar-refractivity contribution in [2.75, 3.05) is 44.1 Å². The number of aromatic nitrogens is 2. The van der Waals surface area contributed by atoms with Crippen molar-refractivity contribution in [3.8, 4) is 0 Å². The van der Waals surface area contributed by atoms with Crippen LogP contribution in [0.2, 0.25) is 0 Å². The molecule has 20 heavy (non-hydrogen) atoms. The molecule has 1 aromatic heterocycles. The molecular weight excluding hydrogens is 387 g/mol. The molecule has 0 N–H and O–H groups in total. The molecule has 0 unspecified atom stereocenters. The fourth-order valence-corrected chi connectivity index (χ4v) is 3.29. The Labute approximate surface area is 137 Å². The average Bonchev–Trinajstić information content (AvgIpc) is 2.77. The molecule has 1 aliphatic rings. The van der Waals surface area contributed by atoms with Gasteiger partial charge in [-0.05, 0) is 47.8 Å². The molecule has 1 aromatic carbocycles. The van der Waals surface area contributed by atoms with Crippen molar-refractivity contribution in [2.45, 2.75) is 6.42 Å². The van der Waals surface area contributed by atoms with E-state index < -0.39 is 0 Å². The second-order valence-electron chi connectivity index (χ2n) is 5.17. The maximum atomic E-state index is 5.95. The van der Waals surface area contributed by atoms with Gasteiger partial charge in [-0.3, -0.25) is 0 Å². The Morgan fingerprint density at radius 3 is 2.70 bits per heavy atom. The summed E-state index contributed by atoms with van der Waals surface area (Å²) >= 11 is 8.28. The number of likely N-dealkylation sites (N-methyl/N-ethyl adjacent to an activating group) is 1. The highest BCUT2D eigenvalue weighted by molar-refractivity contribution is 14.1. The molecule has 0 spiro atoms. The van der Waals surface area contributed by atoms with Crippen molar-refractivity contribution >= 4 is 45.2 Å². The Morgan fingerprint density at radius 1 is 1.25 bits per heavy atom. The van der Waals surface area contributed by atoms with E-state index in [0.717, 1.165) is 43.9 Å². The molecule has 6 heteroatoms. The molecule has 0 amide bonds. The third-order valence-corrected chi connectivity index (χ3v) is 4.60. The van der Waals surface area contributed by atoms with Crippen molar-refractivity contribution in [3.63, 3.8) is 0 Å². The number of nitrogens with zero attached hydrogens (tertiary/aromatic N) is 4. The van der Waals surface area contributed by atoms with Crippen LogP contribution in [0, 0.1) is 3.57 Å². The molecule has 0 atom stereocenters. The van der Waals surface area contributed by atoms with Gasteiger partial charge in [0.1, 0.15) is 5.82 Å². The Kier molecular flexibility index (Phi) is 4.37. The molecule has 2 heterocycles. The van der Waals surface area contributed by atoms with E-state index in [1.54, 1.807) is 0 Å². The summed E-state index contributed by atoms with van der Waals surface area (Å²) in [5, 5.41) is 2.39. The number of piperazine rings is 1. The van der Waals surface area contributed by atoms with E-state index in [4.69, 9.17) is 16.6 Å². The lowest BCUT2D eigenvalue weighted by molar-refractivity contribution is 0.287. The molecule has 3 rings (SSSR count). The van der Waals surface area contributed by atoms with Crippen molar-refractivity contribution in [1.29, 1.82) is 0 Å². The highest BCUT2D eigenvalue weighted by atomic mass is 127. The van der Waals surface area contributed by atoms with Crippen LogP contribution in [0.15, 0.2) is 18.2 Å². The van der Waals surface area contributed by atoms with E-state index >= 15 is 0 Å². The number of rotatable bonds is 3. The van der Waals surface area contributed by atoms with Crippen molar-refractivity contribution in [3.05, 3.63) is 27.6 Å². The molecule has 108 valence electrons. The number of imidazole rings is 1. The normalized spacial score (nSPS) is 17.1. The zero-order valence-corrected chi connectivity index (χ0v) is 14.4. The van der Waals surface area contributed by atoms with Crippen LogP contribution >= 0.6 is 34.2 Å². The van der Waals surface area contributed by atoms with Gasteiger partial charge < -0.3 is 9.91 Å². The number of aryl methyl sites for hydroxylation is 1. The zero-order valence-electron chi connectivity index (χ0n) is 11.5. The van der Waals surface area contributed by atoms with Gasteiger partial charge in [-0.1, -0.05) is 0 Å². The summed E-state index contributed by atoms with van der Waals surface area (Å²) in [6.07, 6.45) is 0.805. The smallest absolute Gasteiger partial charge is 0.130 e. The summed E-state index contributed by atoms with van der Waals surface area (Å²) in [6.45, 7) is 4.24. The van der Waals surface area contributed by atoms with Gasteiger partial charge in [0, 0.05) is 42.1 Å². The van der Waals surface area contributed by atoms with Crippen molar-refractivity contribution in [2.24, 2.45) is 0 Å². The van der Waals surface area contributed by atoms with Crippen LogP contribution in [0.25, 0.3) is 11.0 Å². The fourth-order valence-electron chi connectivity index (χ4n) is 2.65. The van der Waals surface area contributed by atoms with Crippen LogP contribution in [0.5, 0.6) is 0 Å². The van der Waals surface area contributed by atoms with Gasteiger partial charge in [-0.15, -0.1) is 11.6 Å². The first-order chi connectivity index (χ1) is 9.69. The molecule has 0 saturated carbocycles. The highest BCUT2D eigenvalue weighted by Gasteiger charge is 2.19. The van der Waals surface area contributed by atoms with Gasteiger partial charge in [-0.2, -0.15) is 0 Å². The number of alkyl halides is 1. The minimum absolute atomic E-state index is 0.605. The van der Waals surface area contributed by atoms with Gasteiger partial charge in [0.25, 0.3) is 0 Å². The molecule has 1 aliphatic heterocycles. The fraction of sp³-hybridized carbons (Fsp3) is 0.500. The van der Waals surface area contributed by atoms with Crippen molar-refractivity contribution < 1.29 is 0 Å². The number of benzene rings is 1. The lowest BCUT2D eigenvalue weighted by Crippen LogP contribution is -2.50. The summed E-state index contributed by atoms with van der Waals surface area (Å²) in [4.78, 5) is 7.14. The van der Waals surface area contributed by atoms with Crippen molar-refractivity contribution in [1.82, 2.24) is 14.6 Å². The first-order valence-electron chi connectivity index (χ1n) is 6.85. The van der Waals surface area contributed by atoms with Gasteiger partial charge in [0.15, 0.2) is 0 Å². The first-order valence-corrected chi connectivity index (χ1v) is 8.47. The van der Waals surface area contributed by atoms with Gasteiger partial charge in [-0.25, -0.2) is 9.66 Å². The second kappa shape index (κ2) is 6.07. The maximum absolute atomic E-state index is 5.95. The summed E-state index contributed by atoms with van der Waals surface area (Å²) in [7, 11) is 2.17. The van der Waals surface area contributed by atoms with Gasteiger partial charge >= 0.3 is 0 Å². The van der Waals surface area contributed by atoms with E-state index in [1.165, 1.54) is 9.09 Å². The van der Waals surface area contributed by atoms with E-state index in [2.05, 4.69) is 62.4 Å². The molecule has 0 radical (unpaired) electrons. The molecule has 0 aliphatic carbocycles. The number of halogens is 2. The lowest BCUT2D eigenvalue weighted by atomic mass is 10.3. The third-order valence-electron chi connectivity index (χ3n) is 3.74. The van der Waals surface area contributed by atoms with Crippen LogP contribution < -0.4 is 5.01 Å². The van der Waals surface area contributed by atoms with Crippen LogP contribution in [0.1, 0.15) is 5.82 Å². The Bertz CT molecular complexity index is 604. The summed E-state index contributed by atoms with van der Waals surface area (Å²) < 4.78 is 3.50. The van der Waals surface area contributed by atoms with E-state index in [1.807, 2.05) is 0 Å². The van der Waals surface area contributed by atoms with E-state index in [-0.39, 0.29) is 0 Å². The number of hydrogen-bond acceptors (Lipinski definition) is 3. The zero-order chi connectivity index (χ0) is 14.1. The van der Waals surface area contributed by atoms with Gasteiger partial charge in [0.05, 0.1) is 11.0 Å². The van der Waals surface area contributed by atoms with Crippen LogP contribution in [0.3, 0.4) is 0 Å². The minimum Gasteiger partial charge on any atom is -0.308 e. The molecular formula is C14H18ClIN4. The Hall–Kier alpha value is -0.530. The standard InChI is InChI=1S/C14H18ClIN4/c1-18-6-8-19(9-7-18)20-13-3-2-11(16)10-12(13)17-14(20)4-5-15/h2-3,10H,4-9H2,1H3. The maximum Gasteiger partial charge on any atom is 0.130 e. The van der Waals surface area contributed by atoms with Crippen LogP contribution in [0.4, 0.5) is 0 Å². The molecule has 1 saturated heterocycles. The average molecular weight is 405 g/mol. The monoisotopic (exact) mass is 404 g/mol. The second-order valence-corrected chi connectivity index (χ2v) is 6.79. The Balaban J connectivity index is 2.04. The molecule has 1 fully saturated rings. The molecule has 2 aromatic rings. The Morgan fingerprint density at radius 2 is 2.00 bits per heavy atom. The third kappa shape index (κ3) is 2.76. The molecule has 0 bridgehead atoms. The lowest BCUT2D eigenvalue weighted by Gasteiger charge is -2.35. The topological polar surface area (TPSA) is 24.3 Å². The highest BCUT2D eigenvalue weighted by Crippen LogP contribution is 2.20. The largest absolute Gasteiger partial charge is 0.308 e. The van der Waals surface area contributed by atoms with Gasteiger partial charge in [0.2, 0.25) is 0 Å². The van der Waals surface area contributed by atoms with Crippen LogP contribution in [-0.4, -0.2) is 53.7 Å². The summed E-state index contributed by atoms with van der Waals surface area (Å²) in [5.41, 5.74) is 2.26. The number of fused-ring (bicyclic) bond motifs is 1. The number of hydrogen-bond donors (Lipinski definition) is 0. The summed E-state index contributed by atoms with van der Waals surface area (Å²) in [5.74, 6) is 1.68. The quantitative estimate of drug-likeness (QED) is 0.580. The van der Waals surface area contributed by atoms with Crippen LogP contribution in [-0.2, 0) is 6.42 Å². The SMILES string of the molecule is CN1CCN(n2c(CCCl)nc3cc(I)ccc32)CC1. The predicted molar refractivity (Wildman–Crippen MR) is 92.3 cm³/mol. The van der Waals surface area contributed by atoms with E-state index in [9.17, 15) is 0 Å². The molecule has 4 nitrogen and oxygen atoms in total. The minimum atomic E-state index is 0.605. The first kappa shape index (κ1) is 14.4. The summed E-state index contributed by atoms with van der Waals surface area (Å²) in [6, 6.07) is 6.45.